The first kappa shape index (κ1) is 7.72. The van der Waals surface area contributed by atoms with E-state index >= 15 is 0 Å². The lowest BCUT2D eigenvalue weighted by molar-refractivity contribution is 0.0460. The summed E-state index contributed by atoms with van der Waals surface area (Å²) in [5.74, 6) is 2.00. The molecule has 4 heteroatoms. The average Bonchev–Trinajstić information content (AvgIpc) is 2.40. The first-order valence-electron chi connectivity index (χ1n) is 3.15. The third-order valence-corrected chi connectivity index (χ3v) is 2.45. The molecular formula is C6H10O3S. The molecule has 0 bridgehead atoms. The molecule has 0 aliphatic carbocycles. The third kappa shape index (κ3) is 2.10. The first-order valence-corrected chi connectivity index (χ1v) is 4.30. The summed E-state index contributed by atoms with van der Waals surface area (Å²) >= 11 is 1.80. The Labute approximate surface area is 64.1 Å². The second-order valence-corrected chi connectivity index (χ2v) is 3.21. The van der Waals surface area contributed by atoms with Gasteiger partial charge >= 0.3 is 6.16 Å². The Kier molecular flexibility index (Phi) is 2.86. The van der Waals surface area contributed by atoms with E-state index in [0.29, 0.717) is 0 Å². The third-order valence-electron chi connectivity index (χ3n) is 1.32. The molecule has 1 atom stereocenters. The number of hydrogen-bond acceptors (Lipinski definition) is 4. The van der Waals surface area contributed by atoms with Crippen molar-refractivity contribution in [2.45, 2.75) is 12.5 Å². The number of hydrogen-bond donors (Lipinski definition) is 0. The van der Waals surface area contributed by atoms with Gasteiger partial charge in [0, 0.05) is 5.75 Å². The lowest BCUT2D eigenvalue weighted by atomic mass is 10.3. The van der Waals surface area contributed by atoms with Gasteiger partial charge in [-0.2, -0.15) is 11.8 Å². The van der Waals surface area contributed by atoms with Gasteiger partial charge in [0.2, 0.25) is 0 Å². The molecule has 1 rings (SSSR count). The Balaban J connectivity index is 2.17. The van der Waals surface area contributed by atoms with Crippen molar-refractivity contribution >= 4 is 17.9 Å². The quantitative estimate of drug-likeness (QED) is 0.544. The van der Waals surface area contributed by atoms with Gasteiger partial charge in [-0.1, -0.05) is 0 Å². The second kappa shape index (κ2) is 3.71. The normalized spacial score (nSPS) is 24.3. The molecule has 0 amide bonds. The summed E-state index contributed by atoms with van der Waals surface area (Å²) in [6, 6.07) is 0. The molecule has 1 saturated heterocycles. The summed E-state index contributed by atoms with van der Waals surface area (Å²) in [6.07, 6.45) is 0.477. The van der Waals surface area contributed by atoms with Crippen molar-refractivity contribution in [3.63, 3.8) is 0 Å². The van der Waals surface area contributed by atoms with Crippen molar-refractivity contribution in [1.82, 2.24) is 0 Å². The average molecular weight is 162 g/mol. The number of carbonyl (C=O) groups is 1. The van der Waals surface area contributed by atoms with E-state index in [1.165, 1.54) is 7.11 Å². The van der Waals surface area contributed by atoms with Crippen LogP contribution < -0.4 is 0 Å². The van der Waals surface area contributed by atoms with Crippen LogP contribution in [0.25, 0.3) is 0 Å². The van der Waals surface area contributed by atoms with E-state index < -0.39 is 6.16 Å². The fourth-order valence-corrected chi connectivity index (χ4v) is 1.88. The number of thioether (sulfide) groups is 1. The lowest BCUT2D eigenvalue weighted by Gasteiger charge is -2.07. The van der Waals surface area contributed by atoms with Gasteiger partial charge in [0.05, 0.1) is 7.11 Å². The van der Waals surface area contributed by atoms with Gasteiger partial charge in [-0.25, -0.2) is 4.79 Å². The van der Waals surface area contributed by atoms with Gasteiger partial charge in [-0.15, -0.1) is 0 Å². The zero-order valence-corrected chi connectivity index (χ0v) is 6.65. The molecule has 0 spiro atoms. The van der Waals surface area contributed by atoms with Crippen LogP contribution in [-0.4, -0.2) is 30.9 Å². The highest BCUT2D eigenvalue weighted by atomic mass is 32.2. The lowest BCUT2D eigenvalue weighted by Crippen LogP contribution is -2.16. The summed E-state index contributed by atoms with van der Waals surface area (Å²) in [7, 11) is 1.32. The van der Waals surface area contributed by atoms with Crippen LogP contribution in [0.3, 0.4) is 0 Å². The van der Waals surface area contributed by atoms with E-state index in [2.05, 4.69) is 4.74 Å². The number of methoxy groups -OCH3 is 1. The van der Waals surface area contributed by atoms with E-state index in [9.17, 15) is 4.79 Å². The molecule has 0 aromatic heterocycles. The molecule has 1 fully saturated rings. The van der Waals surface area contributed by atoms with Crippen LogP contribution in [0.5, 0.6) is 0 Å². The minimum Gasteiger partial charge on any atom is -0.438 e. The molecule has 1 aliphatic rings. The van der Waals surface area contributed by atoms with E-state index in [1.807, 2.05) is 0 Å². The number of ether oxygens (including phenoxy) is 2. The van der Waals surface area contributed by atoms with E-state index in [0.717, 1.165) is 17.9 Å². The largest absolute Gasteiger partial charge is 0.508 e. The molecule has 3 nitrogen and oxygen atoms in total. The fraction of sp³-hybridized carbons (Fsp3) is 0.833. The van der Waals surface area contributed by atoms with E-state index in [-0.39, 0.29) is 6.10 Å². The smallest absolute Gasteiger partial charge is 0.438 e. The van der Waals surface area contributed by atoms with Crippen LogP contribution in [0.4, 0.5) is 4.79 Å². The maximum atomic E-state index is 10.5. The Hall–Kier alpha value is -0.380. The van der Waals surface area contributed by atoms with Gasteiger partial charge in [0.15, 0.2) is 0 Å². The molecule has 0 aromatic carbocycles. The van der Waals surface area contributed by atoms with Crippen molar-refractivity contribution < 1.29 is 14.3 Å². The summed E-state index contributed by atoms with van der Waals surface area (Å²) < 4.78 is 9.22. The summed E-state index contributed by atoms with van der Waals surface area (Å²) in [5.41, 5.74) is 0. The highest BCUT2D eigenvalue weighted by Gasteiger charge is 2.19. The zero-order chi connectivity index (χ0) is 7.40. The van der Waals surface area contributed by atoms with Gasteiger partial charge in [-0.3, -0.25) is 0 Å². The van der Waals surface area contributed by atoms with Crippen molar-refractivity contribution in [2.75, 3.05) is 18.6 Å². The molecule has 0 saturated carbocycles. The van der Waals surface area contributed by atoms with Gasteiger partial charge in [0.25, 0.3) is 0 Å². The van der Waals surface area contributed by atoms with Crippen molar-refractivity contribution in [3.8, 4) is 0 Å². The minimum atomic E-state index is -0.563. The topological polar surface area (TPSA) is 35.5 Å². The Morgan fingerprint density at radius 3 is 3.00 bits per heavy atom. The summed E-state index contributed by atoms with van der Waals surface area (Å²) in [6.45, 7) is 0. The molecule has 1 unspecified atom stereocenters. The van der Waals surface area contributed by atoms with Crippen LogP contribution in [0, 0.1) is 0 Å². The molecule has 1 aliphatic heterocycles. The van der Waals surface area contributed by atoms with E-state index in [1.54, 1.807) is 11.8 Å². The zero-order valence-electron chi connectivity index (χ0n) is 5.83. The highest BCUT2D eigenvalue weighted by molar-refractivity contribution is 7.99. The van der Waals surface area contributed by atoms with Gasteiger partial charge < -0.3 is 9.47 Å². The standard InChI is InChI=1S/C6H10O3S/c1-8-6(7)9-5-2-3-10-4-5/h5H,2-4H2,1H3. The highest BCUT2D eigenvalue weighted by Crippen LogP contribution is 2.20. The van der Waals surface area contributed by atoms with E-state index in [4.69, 9.17) is 4.74 Å². The maximum absolute atomic E-state index is 10.5. The Morgan fingerprint density at radius 1 is 1.70 bits per heavy atom. The second-order valence-electron chi connectivity index (χ2n) is 2.06. The van der Waals surface area contributed by atoms with Crippen LogP contribution in [0.15, 0.2) is 0 Å². The number of carbonyl (C=O) groups excluding carboxylic acids is 1. The Bertz CT molecular complexity index is 120. The first-order chi connectivity index (χ1) is 4.83. The van der Waals surface area contributed by atoms with Crippen LogP contribution in [0.1, 0.15) is 6.42 Å². The summed E-state index contributed by atoms with van der Waals surface area (Å²) in [4.78, 5) is 10.5. The predicted molar refractivity (Wildman–Crippen MR) is 39.2 cm³/mol. The molecule has 0 radical (unpaired) electrons. The van der Waals surface area contributed by atoms with Crippen LogP contribution >= 0.6 is 11.8 Å². The molecule has 0 N–H and O–H groups in total. The number of rotatable bonds is 1. The predicted octanol–water partition coefficient (Wildman–Crippen LogP) is 1.27. The van der Waals surface area contributed by atoms with Gasteiger partial charge in [0.1, 0.15) is 6.10 Å². The molecule has 58 valence electrons. The minimum absolute atomic E-state index is 0.0810. The van der Waals surface area contributed by atoms with Gasteiger partial charge in [-0.05, 0) is 12.2 Å². The fourth-order valence-electron chi connectivity index (χ4n) is 0.790. The van der Waals surface area contributed by atoms with Crippen molar-refractivity contribution in [1.29, 1.82) is 0 Å². The van der Waals surface area contributed by atoms with Crippen LogP contribution in [-0.2, 0) is 9.47 Å². The van der Waals surface area contributed by atoms with Crippen molar-refractivity contribution in [3.05, 3.63) is 0 Å². The molecular weight excluding hydrogens is 152 g/mol. The molecule has 1 heterocycles. The Morgan fingerprint density at radius 2 is 2.50 bits per heavy atom. The monoisotopic (exact) mass is 162 g/mol. The maximum Gasteiger partial charge on any atom is 0.508 e. The SMILES string of the molecule is COC(=O)OC1CCSC1. The van der Waals surface area contributed by atoms with Crippen LogP contribution in [0.2, 0.25) is 0 Å². The summed E-state index contributed by atoms with van der Waals surface area (Å²) in [5, 5.41) is 0. The van der Waals surface area contributed by atoms with Crippen molar-refractivity contribution in [2.24, 2.45) is 0 Å². The molecule has 0 aromatic rings. The molecule has 10 heavy (non-hydrogen) atoms.